The maximum absolute atomic E-state index is 13.5. The van der Waals surface area contributed by atoms with Crippen LogP contribution in [-0.4, -0.2) is 43.0 Å². The van der Waals surface area contributed by atoms with Gasteiger partial charge < -0.3 is 9.80 Å². The van der Waals surface area contributed by atoms with Gasteiger partial charge in [-0.25, -0.2) is 4.39 Å². The molecule has 0 atom stereocenters. The summed E-state index contributed by atoms with van der Waals surface area (Å²) >= 11 is 0. The molecule has 1 saturated heterocycles. The van der Waals surface area contributed by atoms with Crippen molar-refractivity contribution in [1.29, 1.82) is 0 Å². The van der Waals surface area contributed by atoms with Crippen molar-refractivity contribution >= 4 is 0 Å². The summed E-state index contributed by atoms with van der Waals surface area (Å²) in [5, 5.41) is 0. The van der Waals surface area contributed by atoms with Crippen molar-refractivity contribution in [2.45, 2.75) is 12.8 Å². The van der Waals surface area contributed by atoms with Gasteiger partial charge in [0.15, 0.2) is 0 Å². The predicted molar refractivity (Wildman–Crippen MR) is 55.6 cm³/mol. The second-order valence-electron chi connectivity index (χ2n) is 4.03. The summed E-state index contributed by atoms with van der Waals surface area (Å²) in [4.78, 5) is 4.48. The lowest BCUT2D eigenvalue weighted by molar-refractivity contribution is 0.178. The third-order valence-electron chi connectivity index (χ3n) is 2.97. The number of nitrogens with zero attached hydrogens (tertiary/aromatic N) is 2. The standard InChI is InChI=1S/C11H17FN2/c1-13-6-8-14(9-7-13)11-5-3-2-4-10(11)12/h2,4H,3,5-9H2,1H3. The lowest BCUT2D eigenvalue weighted by atomic mass is 10.1. The Kier molecular flexibility index (Phi) is 2.87. The molecule has 0 N–H and O–H groups in total. The van der Waals surface area contributed by atoms with Crippen LogP contribution in [0.25, 0.3) is 0 Å². The van der Waals surface area contributed by atoms with Crippen LogP contribution in [0.15, 0.2) is 23.7 Å². The molecule has 14 heavy (non-hydrogen) atoms. The summed E-state index contributed by atoms with van der Waals surface area (Å²) in [6.45, 7) is 4.02. The van der Waals surface area contributed by atoms with E-state index in [0.29, 0.717) is 0 Å². The average Bonchev–Trinajstić information content (AvgIpc) is 2.20. The van der Waals surface area contributed by atoms with Gasteiger partial charge in [0.1, 0.15) is 5.83 Å². The van der Waals surface area contributed by atoms with E-state index in [1.165, 1.54) is 0 Å². The summed E-state index contributed by atoms with van der Waals surface area (Å²) in [6.07, 6.45) is 5.37. The Hall–Kier alpha value is -0.830. The van der Waals surface area contributed by atoms with E-state index in [1.807, 2.05) is 6.08 Å². The molecule has 1 aliphatic heterocycles. The highest BCUT2D eigenvalue weighted by Gasteiger charge is 2.19. The number of likely N-dealkylation sites (N-methyl/N-ethyl adjacent to an activating group) is 1. The first-order chi connectivity index (χ1) is 6.77. The minimum atomic E-state index is -0.0270. The minimum Gasteiger partial charge on any atom is -0.370 e. The van der Waals surface area contributed by atoms with Crippen LogP contribution in [0.4, 0.5) is 4.39 Å². The van der Waals surface area contributed by atoms with Crippen molar-refractivity contribution in [2.75, 3.05) is 33.2 Å². The van der Waals surface area contributed by atoms with Gasteiger partial charge >= 0.3 is 0 Å². The van der Waals surface area contributed by atoms with E-state index in [1.54, 1.807) is 6.08 Å². The fourth-order valence-corrected chi connectivity index (χ4v) is 2.01. The fourth-order valence-electron chi connectivity index (χ4n) is 2.01. The van der Waals surface area contributed by atoms with E-state index < -0.39 is 0 Å². The SMILES string of the molecule is CN1CCN(C2=C(F)C=CCC2)CC1. The van der Waals surface area contributed by atoms with Gasteiger partial charge in [-0.3, -0.25) is 0 Å². The first kappa shape index (κ1) is 9.71. The number of rotatable bonds is 1. The zero-order chi connectivity index (χ0) is 9.97. The summed E-state index contributed by atoms with van der Waals surface area (Å²) in [5.41, 5.74) is 0.917. The average molecular weight is 196 g/mol. The molecule has 2 aliphatic rings. The molecule has 0 saturated carbocycles. The van der Waals surface area contributed by atoms with Crippen LogP contribution >= 0.6 is 0 Å². The molecule has 78 valence electrons. The number of hydrogen-bond acceptors (Lipinski definition) is 2. The second-order valence-corrected chi connectivity index (χ2v) is 4.03. The Labute approximate surface area is 84.7 Å². The van der Waals surface area contributed by atoms with Gasteiger partial charge in [0, 0.05) is 31.9 Å². The third-order valence-corrected chi connectivity index (χ3v) is 2.97. The van der Waals surface area contributed by atoms with Crippen LogP contribution in [0.2, 0.25) is 0 Å². The fraction of sp³-hybridized carbons (Fsp3) is 0.636. The molecule has 0 spiro atoms. The second kappa shape index (κ2) is 4.13. The monoisotopic (exact) mass is 196 g/mol. The van der Waals surface area contributed by atoms with E-state index in [0.717, 1.165) is 44.7 Å². The molecule has 2 rings (SSSR count). The first-order valence-corrected chi connectivity index (χ1v) is 5.26. The zero-order valence-electron chi connectivity index (χ0n) is 8.67. The van der Waals surface area contributed by atoms with Crippen molar-refractivity contribution in [3.63, 3.8) is 0 Å². The van der Waals surface area contributed by atoms with Crippen molar-refractivity contribution in [3.05, 3.63) is 23.7 Å². The Morgan fingerprint density at radius 3 is 2.57 bits per heavy atom. The maximum atomic E-state index is 13.5. The number of hydrogen-bond donors (Lipinski definition) is 0. The van der Waals surface area contributed by atoms with Crippen molar-refractivity contribution < 1.29 is 4.39 Å². The molecular formula is C11H17FN2. The Morgan fingerprint density at radius 1 is 1.21 bits per heavy atom. The highest BCUT2D eigenvalue weighted by atomic mass is 19.1. The normalized spacial score (nSPS) is 24.6. The summed E-state index contributed by atoms with van der Waals surface area (Å²) < 4.78 is 13.5. The lowest BCUT2D eigenvalue weighted by Crippen LogP contribution is -2.44. The van der Waals surface area contributed by atoms with Gasteiger partial charge in [0.25, 0.3) is 0 Å². The number of piperazine rings is 1. The van der Waals surface area contributed by atoms with Crippen LogP contribution in [-0.2, 0) is 0 Å². The van der Waals surface area contributed by atoms with E-state index in [9.17, 15) is 4.39 Å². The molecule has 0 aromatic carbocycles. The molecule has 2 nitrogen and oxygen atoms in total. The van der Waals surface area contributed by atoms with Crippen LogP contribution in [0, 0.1) is 0 Å². The van der Waals surface area contributed by atoms with Gasteiger partial charge in [-0.05, 0) is 26.0 Å². The Morgan fingerprint density at radius 2 is 1.93 bits per heavy atom. The molecular weight excluding hydrogens is 179 g/mol. The zero-order valence-corrected chi connectivity index (χ0v) is 8.67. The van der Waals surface area contributed by atoms with Crippen LogP contribution in [0.5, 0.6) is 0 Å². The molecule has 3 heteroatoms. The van der Waals surface area contributed by atoms with E-state index >= 15 is 0 Å². The largest absolute Gasteiger partial charge is 0.370 e. The minimum absolute atomic E-state index is 0.0270. The predicted octanol–water partition coefficient (Wildman–Crippen LogP) is 1.76. The van der Waals surface area contributed by atoms with Crippen molar-refractivity contribution in [1.82, 2.24) is 9.80 Å². The Bertz CT molecular complexity index is 262. The molecule has 0 amide bonds. The van der Waals surface area contributed by atoms with E-state index in [4.69, 9.17) is 0 Å². The molecule has 1 heterocycles. The van der Waals surface area contributed by atoms with Crippen LogP contribution < -0.4 is 0 Å². The van der Waals surface area contributed by atoms with Crippen molar-refractivity contribution in [3.8, 4) is 0 Å². The molecule has 1 fully saturated rings. The smallest absolute Gasteiger partial charge is 0.141 e. The van der Waals surface area contributed by atoms with E-state index in [-0.39, 0.29) is 5.83 Å². The summed E-state index contributed by atoms with van der Waals surface area (Å²) in [7, 11) is 2.11. The van der Waals surface area contributed by atoms with Gasteiger partial charge in [-0.15, -0.1) is 0 Å². The molecule has 0 aromatic rings. The summed E-state index contributed by atoms with van der Waals surface area (Å²) in [6, 6.07) is 0. The number of halogens is 1. The highest BCUT2D eigenvalue weighted by Crippen LogP contribution is 2.24. The molecule has 1 aliphatic carbocycles. The Balaban J connectivity index is 2.04. The van der Waals surface area contributed by atoms with Crippen LogP contribution in [0.1, 0.15) is 12.8 Å². The van der Waals surface area contributed by atoms with Gasteiger partial charge in [-0.1, -0.05) is 6.08 Å². The third kappa shape index (κ3) is 1.98. The lowest BCUT2D eigenvalue weighted by Gasteiger charge is -2.36. The molecule has 0 unspecified atom stereocenters. The van der Waals surface area contributed by atoms with Gasteiger partial charge in [0.05, 0.1) is 0 Å². The molecule has 0 aromatic heterocycles. The van der Waals surface area contributed by atoms with Gasteiger partial charge in [-0.2, -0.15) is 0 Å². The van der Waals surface area contributed by atoms with E-state index in [2.05, 4.69) is 16.8 Å². The molecule has 0 bridgehead atoms. The molecule has 0 radical (unpaired) electrons. The first-order valence-electron chi connectivity index (χ1n) is 5.26. The number of allylic oxidation sites excluding steroid dienone is 4. The van der Waals surface area contributed by atoms with Crippen molar-refractivity contribution in [2.24, 2.45) is 0 Å². The topological polar surface area (TPSA) is 6.48 Å². The van der Waals surface area contributed by atoms with Gasteiger partial charge in [0.2, 0.25) is 0 Å². The highest BCUT2D eigenvalue weighted by molar-refractivity contribution is 5.23. The maximum Gasteiger partial charge on any atom is 0.141 e. The summed E-state index contributed by atoms with van der Waals surface area (Å²) in [5.74, 6) is -0.0270. The van der Waals surface area contributed by atoms with Crippen LogP contribution in [0.3, 0.4) is 0 Å². The quantitative estimate of drug-likeness (QED) is 0.630.